The molecule has 10 aromatic rings. The molecule has 0 atom stereocenters. The summed E-state index contributed by atoms with van der Waals surface area (Å²) >= 11 is 0. The van der Waals surface area contributed by atoms with E-state index in [-0.39, 0.29) is 0 Å². The molecule has 5 heteroatoms. The second kappa shape index (κ2) is 12.2. The van der Waals surface area contributed by atoms with Crippen molar-refractivity contribution in [2.45, 2.75) is 6.92 Å². The Balaban J connectivity index is 1.18. The summed E-state index contributed by atoms with van der Waals surface area (Å²) in [4.78, 5) is 9.72. The number of para-hydroxylation sites is 3. The van der Waals surface area contributed by atoms with Crippen molar-refractivity contribution in [1.29, 1.82) is 0 Å². The van der Waals surface area contributed by atoms with Crippen molar-refractivity contribution in [2.24, 2.45) is 0 Å². The van der Waals surface area contributed by atoms with Crippen LogP contribution in [-0.2, 0) is 0 Å². The molecular formula is C50H37N5. The molecule has 1 aliphatic heterocycles. The molecule has 0 aliphatic carbocycles. The maximum atomic E-state index is 5.00. The van der Waals surface area contributed by atoms with E-state index in [4.69, 9.17) is 4.98 Å². The fraction of sp³-hybridized carbons (Fsp3) is 0.0600. The van der Waals surface area contributed by atoms with Crippen molar-refractivity contribution < 1.29 is 0 Å². The number of hydrogen-bond acceptors (Lipinski definition) is 3. The molecule has 3 aromatic heterocycles. The molecule has 7 aromatic carbocycles. The van der Waals surface area contributed by atoms with Crippen LogP contribution in [0.15, 0.2) is 176 Å². The highest BCUT2D eigenvalue weighted by atomic mass is 15.4. The molecule has 0 fully saturated rings. The fourth-order valence-corrected chi connectivity index (χ4v) is 8.68. The molecule has 0 amide bonds. The van der Waals surface area contributed by atoms with Gasteiger partial charge < -0.3 is 14.4 Å². The van der Waals surface area contributed by atoms with Gasteiger partial charge in [0.2, 0.25) is 0 Å². The summed E-state index contributed by atoms with van der Waals surface area (Å²) in [6.07, 6.45) is 1.94. The van der Waals surface area contributed by atoms with E-state index in [1.54, 1.807) is 0 Å². The fourth-order valence-electron chi connectivity index (χ4n) is 8.68. The van der Waals surface area contributed by atoms with Gasteiger partial charge in [-0.3, -0.25) is 4.57 Å². The Kier molecular flexibility index (Phi) is 6.98. The summed E-state index contributed by atoms with van der Waals surface area (Å²) in [5.41, 5.74) is 15.3. The van der Waals surface area contributed by atoms with E-state index in [1.807, 2.05) is 6.20 Å². The first-order chi connectivity index (χ1) is 27.1. The number of hydrogen-bond donors (Lipinski definition) is 0. The van der Waals surface area contributed by atoms with Gasteiger partial charge in [0.15, 0.2) is 0 Å². The van der Waals surface area contributed by atoms with E-state index >= 15 is 0 Å². The van der Waals surface area contributed by atoms with Crippen LogP contribution in [0.5, 0.6) is 0 Å². The Bertz CT molecular complexity index is 3100. The predicted molar refractivity (Wildman–Crippen MR) is 230 cm³/mol. The molecular weight excluding hydrogens is 671 g/mol. The third kappa shape index (κ3) is 4.97. The van der Waals surface area contributed by atoms with E-state index in [2.05, 4.69) is 203 Å². The Morgan fingerprint density at radius 2 is 1.09 bits per heavy atom. The van der Waals surface area contributed by atoms with Gasteiger partial charge in [-0.25, -0.2) is 4.98 Å². The third-order valence-corrected chi connectivity index (χ3v) is 11.4. The first-order valence-electron chi connectivity index (χ1n) is 18.9. The van der Waals surface area contributed by atoms with Crippen LogP contribution in [-0.4, -0.2) is 27.8 Å². The number of rotatable bonds is 5. The van der Waals surface area contributed by atoms with Crippen LogP contribution in [0.3, 0.4) is 0 Å². The number of pyridine rings is 1. The SMILES string of the molecule is Cc1ccc(-c2ccnc(-n3c4ccccc4c4cc5c6ccc(-c7ccccc7)cc6n(-c6cccc(N7CN(C)c8ccccc87)c6)c5cc43)c2)cc1. The second-order valence-corrected chi connectivity index (χ2v) is 14.7. The van der Waals surface area contributed by atoms with Crippen LogP contribution < -0.4 is 9.80 Å². The lowest BCUT2D eigenvalue weighted by atomic mass is 10.0. The molecule has 0 unspecified atom stereocenters. The molecule has 262 valence electrons. The zero-order valence-corrected chi connectivity index (χ0v) is 30.7. The van der Waals surface area contributed by atoms with E-state index in [9.17, 15) is 0 Å². The van der Waals surface area contributed by atoms with Gasteiger partial charge in [-0.2, -0.15) is 0 Å². The minimum Gasteiger partial charge on any atom is -0.355 e. The van der Waals surface area contributed by atoms with Gasteiger partial charge in [0.25, 0.3) is 0 Å². The summed E-state index contributed by atoms with van der Waals surface area (Å²) in [7, 11) is 2.16. The molecule has 55 heavy (non-hydrogen) atoms. The highest BCUT2D eigenvalue weighted by molar-refractivity contribution is 6.19. The van der Waals surface area contributed by atoms with E-state index < -0.39 is 0 Å². The maximum absolute atomic E-state index is 5.00. The van der Waals surface area contributed by atoms with Gasteiger partial charge in [0, 0.05) is 46.2 Å². The maximum Gasteiger partial charge on any atom is 0.138 e. The Morgan fingerprint density at radius 1 is 0.436 bits per heavy atom. The summed E-state index contributed by atoms with van der Waals surface area (Å²) in [6.45, 7) is 2.92. The predicted octanol–water partition coefficient (Wildman–Crippen LogP) is 12.5. The Labute approximate surface area is 319 Å². The van der Waals surface area contributed by atoms with Crippen molar-refractivity contribution in [1.82, 2.24) is 14.1 Å². The molecule has 0 N–H and O–H groups in total. The van der Waals surface area contributed by atoms with Crippen molar-refractivity contribution in [3.8, 4) is 33.8 Å². The molecule has 0 saturated heterocycles. The molecule has 4 heterocycles. The Hall–Kier alpha value is -7.11. The van der Waals surface area contributed by atoms with Gasteiger partial charge in [-0.05, 0) is 95.9 Å². The van der Waals surface area contributed by atoms with E-state index in [0.29, 0.717) is 0 Å². The van der Waals surface area contributed by atoms with E-state index in [1.165, 1.54) is 60.7 Å². The van der Waals surface area contributed by atoms with Gasteiger partial charge in [-0.1, -0.05) is 109 Å². The van der Waals surface area contributed by atoms with Gasteiger partial charge >= 0.3 is 0 Å². The van der Waals surface area contributed by atoms with Crippen LogP contribution in [0.2, 0.25) is 0 Å². The zero-order chi connectivity index (χ0) is 36.6. The second-order valence-electron chi connectivity index (χ2n) is 14.7. The highest BCUT2D eigenvalue weighted by Gasteiger charge is 2.25. The van der Waals surface area contributed by atoms with Gasteiger partial charge in [-0.15, -0.1) is 0 Å². The molecule has 0 bridgehead atoms. The smallest absolute Gasteiger partial charge is 0.138 e. The van der Waals surface area contributed by atoms with Crippen molar-refractivity contribution in [2.75, 3.05) is 23.5 Å². The summed E-state index contributed by atoms with van der Waals surface area (Å²) in [6, 6.07) is 61.9. The van der Waals surface area contributed by atoms with Crippen LogP contribution in [0.4, 0.5) is 17.1 Å². The minimum absolute atomic E-state index is 0.795. The lowest BCUT2D eigenvalue weighted by Crippen LogP contribution is -2.24. The minimum atomic E-state index is 0.795. The van der Waals surface area contributed by atoms with Crippen molar-refractivity contribution in [3.63, 3.8) is 0 Å². The number of aromatic nitrogens is 3. The summed E-state index contributed by atoms with van der Waals surface area (Å²) in [5.74, 6) is 0.900. The van der Waals surface area contributed by atoms with Crippen LogP contribution in [0.1, 0.15) is 5.56 Å². The summed E-state index contributed by atoms with van der Waals surface area (Å²) < 4.78 is 4.80. The zero-order valence-electron chi connectivity index (χ0n) is 30.7. The lowest BCUT2D eigenvalue weighted by Gasteiger charge is -2.21. The van der Waals surface area contributed by atoms with Crippen LogP contribution >= 0.6 is 0 Å². The lowest BCUT2D eigenvalue weighted by molar-refractivity contribution is 0.948. The number of anilines is 3. The largest absolute Gasteiger partial charge is 0.355 e. The van der Waals surface area contributed by atoms with E-state index in [0.717, 1.165) is 46.0 Å². The molecule has 0 radical (unpaired) electrons. The van der Waals surface area contributed by atoms with Gasteiger partial charge in [0.1, 0.15) is 5.82 Å². The molecule has 1 aliphatic rings. The first-order valence-corrected chi connectivity index (χ1v) is 18.9. The quantitative estimate of drug-likeness (QED) is 0.178. The monoisotopic (exact) mass is 707 g/mol. The number of fused-ring (bicyclic) bond motifs is 7. The van der Waals surface area contributed by atoms with Crippen LogP contribution in [0, 0.1) is 6.92 Å². The van der Waals surface area contributed by atoms with Crippen molar-refractivity contribution in [3.05, 3.63) is 182 Å². The van der Waals surface area contributed by atoms with Gasteiger partial charge in [0.05, 0.1) is 40.1 Å². The normalized spacial score (nSPS) is 12.8. The third-order valence-electron chi connectivity index (χ3n) is 11.4. The number of benzene rings is 7. The average Bonchev–Trinajstić information content (AvgIpc) is 3.87. The molecule has 0 saturated carbocycles. The Morgan fingerprint density at radius 3 is 1.95 bits per heavy atom. The topological polar surface area (TPSA) is 29.2 Å². The number of nitrogens with zero attached hydrogens (tertiary/aromatic N) is 5. The average molecular weight is 708 g/mol. The molecule has 0 spiro atoms. The number of aryl methyl sites for hydroxylation is 1. The van der Waals surface area contributed by atoms with Crippen LogP contribution in [0.25, 0.3) is 77.4 Å². The highest BCUT2D eigenvalue weighted by Crippen LogP contribution is 2.43. The summed E-state index contributed by atoms with van der Waals surface area (Å²) in [5, 5.41) is 4.87. The van der Waals surface area contributed by atoms with Crippen molar-refractivity contribution >= 4 is 60.7 Å². The first kappa shape index (κ1) is 31.4. The standard InChI is InChI=1S/C50H37N5/c1-33-19-21-35(22-20-33)37-25-26-51-50(28-37)55-44-16-7-6-15-40(44)42-30-43-41-24-23-36(34-11-4-3-5-12-34)27-47(41)54(48(43)31-49(42)55)39-14-10-13-38(29-39)53-32-52(2)45-17-8-9-18-46(45)53/h3-31H,32H2,1-2H3. The molecule has 11 rings (SSSR count). The molecule has 5 nitrogen and oxygen atoms in total.